The zero-order chi connectivity index (χ0) is 12.7. The van der Waals surface area contributed by atoms with Crippen LogP contribution in [0.2, 0.25) is 0 Å². The van der Waals surface area contributed by atoms with E-state index in [1.807, 2.05) is 6.20 Å². The summed E-state index contributed by atoms with van der Waals surface area (Å²) in [6.45, 7) is 0. The predicted molar refractivity (Wildman–Crippen MR) is 77.9 cm³/mol. The average molecular weight is 265 g/mol. The monoisotopic (exact) mass is 265 g/mol. The number of benzene rings is 1. The highest BCUT2D eigenvalue weighted by Gasteiger charge is 2.25. The molecule has 3 aromatic rings. The molecule has 2 nitrogen and oxygen atoms in total. The predicted octanol–water partition coefficient (Wildman–Crippen LogP) is 3.37. The molecule has 3 heteroatoms. The van der Waals surface area contributed by atoms with Gasteiger partial charge in [-0.05, 0) is 29.5 Å². The van der Waals surface area contributed by atoms with E-state index in [1.54, 1.807) is 11.3 Å². The number of allylic oxidation sites excluding steroid dienone is 1. The normalized spacial score (nSPS) is 16.1. The van der Waals surface area contributed by atoms with E-state index in [0.29, 0.717) is 0 Å². The van der Waals surface area contributed by atoms with Crippen LogP contribution in [0.5, 0.6) is 0 Å². The fraction of sp³-hybridized carbons (Fsp3) is 0.125. The minimum absolute atomic E-state index is 1.07. The van der Waals surface area contributed by atoms with E-state index in [9.17, 15) is 0 Å². The van der Waals surface area contributed by atoms with Crippen molar-refractivity contribution in [1.82, 2.24) is 4.98 Å². The Morgan fingerprint density at radius 1 is 1.16 bits per heavy atom. The van der Waals surface area contributed by atoms with Crippen LogP contribution in [-0.2, 0) is 6.42 Å². The standard InChI is InChI=1S/C16H13N2S/c1-2-4-12(5-3-1)10-13-6-7-14-11-17-16-18(15(13)14)8-9-19-16/h1-5,8-11H,6-7H2/q+1/b13-10+. The number of aromatic nitrogens is 2. The lowest BCUT2D eigenvalue weighted by molar-refractivity contribution is -0.513. The van der Waals surface area contributed by atoms with Gasteiger partial charge < -0.3 is 0 Å². The lowest BCUT2D eigenvalue weighted by Gasteiger charge is -1.99. The fourth-order valence-electron chi connectivity index (χ4n) is 2.71. The van der Waals surface area contributed by atoms with Crippen LogP contribution in [0.3, 0.4) is 0 Å². The molecule has 1 aliphatic carbocycles. The Morgan fingerprint density at radius 2 is 2.05 bits per heavy atom. The molecule has 2 heterocycles. The summed E-state index contributed by atoms with van der Waals surface area (Å²) in [6, 6.07) is 10.5. The van der Waals surface area contributed by atoms with Crippen LogP contribution in [0.15, 0.2) is 48.1 Å². The maximum absolute atomic E-state index is 4.51. The van der Waals surface area contributed by atoms with Crippen LogP contribution >= 0.6 is 11.3 Å². The summed E-state index contributed by atoms with van der Waals surface area (Å²) >= 11 is 1.69. The van der Waals surface area contributed by atoms with Crippen molar-refractivity contribution in [1.29, 1.82) is 0 Å². The van der Waals surface area contributed by atoms with Gasteiger partial charge in [0.15, 0.2) is 0 Å². The van der Waals surface area contributed by atoms with Gasteiger partial charge in [0.25, 0.3) is 0 Å². The van der Waals surface area contributed by atoms with Crippen LogP contribution in [0, 0.1) is 0 Å². The first-order chi connectivity index (χ1) is 9.42. The van der Waals surface area contributed by atoms with Gasteiger partial charge in [-0.2, -0.15) is 4.40 Å². The van der Waals surface area contributed by atoms with Crippen molar-refractivity contribution in [2.24, 2.45) is 0 Å². The molecule has 92 valence electrons. The summed E-state index contributed by atoms with van der Waals surface area (Å²) in [5.74, 6) is 0. The molecular formula is C16H13N2S+. The van der Waals surface area contributed by atoms with Crippen LogP contribution in [0.4, 0.5) is 0 Å². The second kappa shape index (κ2) is 4.28. The fourth-order valence-corrected chi connectivity index (χ4v) is 3.39. The lowest BCUT2D eigenvalue weighted by atomic mass is 10.1. The van der Waals surface area contributed by atoms with Crippen LogP contribution in [-0.4, -0.2) is 4.98 Å². The van der Waals surface area contributed by atoms with Gasteiger partial charge in [-0.3, -0.25) is 0 Å². The molecule has 0 spiro atoms. The summed E-state index contributed by atoms with van der Waals surface area (Å²) < 4.78 is 2.22. The Kier molecular flexibility index (Phi) is 2.45. The lowest BCUT2D eigenvalue weighted by Crippen LogP contribution is -2.24. The largest absolute Gasteiger partial charge is 0.387 e. The second-order valence-corrected chi connectivity index (χ2v) is 5.64. The zero-order valence-corrected chi connectivity index (χ0v) is 11.2. The summed E-state index contributed by atoms with van der Waals surface area (Å²) in [5, 5.41) is 2.10. The zero-order valence-electron chi connectivity index (χ0n) is 10.4. The molecule has 1 aliphatic rings. The van der Waals surface area contributed by atoms with Crippen LogP contribution in [0.25, 0.3) is 16.6 Å². The molecule has 0 atom stereocenters. The number of fused-ring (bicyclic) bond motifs is 3. The van der Waals surface area contributed by atoms with Crippen LogP contribution in [0.1, 0.15) is 23.2 Å². The van der Waals surface area contributed by atoms with E-state index in [4.69, 9.17) is 0 Å². The SMILES string of the molecule is C(=C1/CCc2cnc3scc[n+]3c21)/c1ccccc1. The topological polar surface area (TPSA) is 17.0 Å². The number of aryl methyl sites for hydroxylation is 1. The van der Waals surface area contributed by atoms with Crippen molar-refractivity contribution in [3.8, 4) is 0 Å². The van der Waals surface area contributed by atoms with E-state index >= 15 is 0 Å². The average Bonchev–Trinajstić information content (AvgIpc) is 3.06. The molecular weight excluding hydrogens is 252 g/mol. The van der Waals surface area contributed by atoms with Crippen LogP contribution < -0.4 is 4.40 Å². The van der Waals surface area contributed by atoms with Gasteiger partial charge in [0.05, 0.1) is 0 Å². The summed E-state index contributed by atoms with van der Waals surface area (Å²) in [5.41, 5.74) is 5.39. The summed E-state index contributed by atoms with van der Waals surface area (Å²) in [7, 11) is 0. The van der Waals surface area contributed by atoms with Gasteiger partial charge in [-0.25, -0.2) is 0 Å². The Balaban J connectivity index is 1.92. The maximum Gasteiger partial charge on any atom is 0.387 e. The quantitative estimate of drug-likeness (QED) is 0.617. The Morgan fingerprint density at radius 3 is 2.95 bits per heavy atom. The van der Waals surface area contributed by atoms with Gasteiger partial charge in [0, 0.05) is 16.5 Å². The Hall–Kier alpha value is -2.00. The van der Waals surface area contributed by atoms with Gasteiger partial charge in [-0.15, -0.1) is 0 Å². The van der Waals surface area contributed by atoms with Crippen molar-refractivity contribution >= 4 is 27.9 Å². The first-order valence-electron chi connectivity index (χ1n) is 6.44. The van der Waals surface area contributed by atoms with Gasteiger partial charge in [-0.1, -0.05) is 41.7 Å². The Labute approximate surface area is 115 Å². The third-order valence-corrected chi connectivity index (χ3v) is 4.34. The van der Waals surface area contributed by atoms with E-state index in [0.717, 1.165) is 17.8 Å². The summed E-state index contributed by atoms with van der Waals surface area (Å²) in [4.78, 5) is 5.58. The summed E-state index contributed by atoms with van der Waals surface area (Å²) in [6.07, 6.45) is 8.66. The molecule has 2 aromatic heterocycles. The minimum atomic E-state index is 1.07. The molecule has 0 fully saturated rings. The molecule has 0 unspecified atom stereocenters. The van der Waals surface area contributed by atoms with Crippen molar-refractivity contribution in [2.75, 3.05) is 0 Å². The molecule has 0 amide bonds. The highest BCUT2D eigenvalue weighted by Crippen LogP contribution is 2.31. The first-order valence-corrected chi connectivity index (χ1v) is 7.32. The molecule has 0 bridgehead atoms. The number of hydrogen-bond acceptors (Lipinski definition) is 2. The molecule has 0 radical (unpaired) electrons. The third kappa shape index (κ3) is 1.78. The van der Waals surface area contributed by atoms with Gasteiger partial charge in [0.2, 0.25) is 0 Å². The molecule has 0 aliphatic heterocycles. The minimum Gasteiger partial charge on any atom is -0.186 e. The van der Waals surface area contributed by atoms with E-state index in [2.05, 4.69) is 57.4 Å². The molecule has 1 aromatic carbocycles. The molecule has 0 saturated heterocycles. The third-order valence-electron chi connectivity index (χ3n) is 3.57. The van der Waals surface area contributed by atoms with Crippen molar-refractivity contribution in [3.63, 3.8) is 0 Å². The smallest absolute Gasteiger partial charge is 0.186 e. The van der Waals surface area contributed by atoms with Crippen molar-refractivity contribution in [3.05, 3.63) is 64.9 Å². The number of rotatable bonds is 1. The molecule has 0 N–H and O–H groups in total. The number of hydrogen-bond donors (Lipinski definition) is 0. The number of thiazole rings is 1. The molecule has 4 rings (SSSR count). The first kappa shape index (κ1) is 10.9. The van der Waals surface area contributed by atoms with Crippen molar-refractivity contribution in [2.45, 2.75) is 12.8 Å². The van der Waals surface area contributed by atoms with Gasteiger partial charge in [0.1, 0.15) is 18.1 Å². The van der Waals surface area contributed by atoms with E-state index < -0.39 is 0 Å². The number of nitrogens with zero attached hydrogens (tertiary/aromatic N) is 2. The highest BCUT2D eigenvalue weighted by atomic mass is 32.1. The van der Waals surface area contributed by atoms with E-state index in [-0.39, 0.29) is 0 Å². The Bertz CT molecular complexity index is 772. The second-order valence-electron chi connectivity index (χ2n) is 4.77. The molecule has 0 saturated carbocycles. The van der Waals surface area contributed by atoms with E-state index in [1.165, 1.54) is 22.4 Å². The van der Waals surface area contributed by atoms with Gasteiger partial charge >= 0.3 is 4.96 Å². The maximum atomic E-state index is 4.51. The highest BCUT2D eigenvalue weighted by molar-refractivity contribution is 7.14. The van der Waals surface area contributed by atoms with Crippen molar-refractivity contribution < 1.29 is 4.40 Å². The molecule has 19 heavy (non-hydrogen) atoms.